The maximum absolute atomic E-state index is 11.8. The van der Waals surface area contributed by atoms with E-state index in [0.29, 0.717) is 18.8 Å². The van der Waals surface area contributed by atoms with Gasteiger partial charge in [0.1, 0.15) is 5.69 Å². The first-order chi connectivity index (χ1) is 10.7. The van der Waals surface area contributed by atoms with E-state index in [2.05, 4.69) is 15.3 Å². The Kier molecular flexibility index (Phi) is 6.03. The summed E-state index contributed by atoms with van der Waals surface area (Å²) in [4.78, 5) is 19.9. The van der Waals surface area contributed by atoms with E-state index in [0.717, 1.165) is 17.7 Å². The second-order valence-electron chi connectivity index (χ2n) is 5.08. The molecule has 5 nitrogen and oxygen atoms in total. The van der Waals surface area contributed by atoms with Gasteiger partial charge in [-0.15, -0.1) is 0 Å². The van der Waals surface area contributed by atoms with Crippen LogP contribution >= 0.6 is 0 Å². The van der Waals surface area contributed by atoms with Crippen LogP contribution < -0.4 is 5.32 Å². The van der Waals surface area contributed by atoms with Crippen molar-refractivity contribution in [1.29, 1.82) is 0 Å². The van der Waals surface area contributed by atoms with Crippen LogP contribution in [0.5, 0.6) is 0 Å². The molecule has 116 valence electrons. The number of rotatable bonds is 7. The molecule has 0 spiro atoms. The summed E-state index contributed by atoms with van der Waals surface area (Å²) in [5, 5.41) is 2.81. The molecule has 0 aliphatic heterocycles. The molecular formula is C17H21N3O2. The van der Waals surface area contributed by atoms with Gasteiger partial charge < -0.3 is 10.1 Å². The van der Waals surface area contributed by atoms with Gasteiger partial charge in [-0.2, -0.15) is 0 Å². The molecule has 0 bridgehead atoms. The number of amides is 1. The van der Waals surface area contributed by atoms with Gasteiger partial charge in [0.05, 0.1) is 18.0 Å². The molecule has 0 radical (unpaired) electrons. The van der Waals surface area contributed by atoms with E-state index in [1.165, 1.54) is 6.20 Å². The van der Waals surface area contributed by atoms with Crippen LogP contribution in [-0.4, -0.2) is 29.0 Å². The Labute approximate surface area is 130 Å². The lowest BCUT2D eigenvalue weighted by atomic mass is 10.1. The molecule has 0 aliphatic rings. The van der Waals surface area contributed by atoms with E-state index >= 15 is 0 Å². The summed E-state index contributed by atoms with van der Waals surface area (Å²) in [5.74, 6) is -0.205. The summed E-state index contributed by atoms with van der Waals surface area (Å²) >= 11 is 0. The van der Waals surface area contributed by atoms with Crippen molar-refractivity contribution < 1.29 is 9.53 Å². The molecule has 2 rings (SSSR count). The molecule has 0 fully saturated rings. The molecule has 1 aromatic heterocycles. The average molecular weight is 299 g/mol. The van der Waals surface area contributed by atoms with Gasteiger partial charge in [0, 0.05) is 19.3 Å². The lowest BCUT2D eigenvalue weighted by Crippen LogP contribution is -2.26. The van der Waals surface area contributed by atoms with E-state index < -0.39 is 0 Å². The molecule has 0 aliphatic carbocycles. The van der Waals surface area contributed by atoms with E-state index in [1.54, 1.807) is 6.20 Å². The van der Waals surface area contributed by atoms with Gasteiger partial charge in [-0.1, -0.05) is 30.3 Å². The van der Waals surface area contributed by atoms with Crippen LogP contribution in [0, 0.1) is 6.92 Å². The summed E-state index contributed by atoms with van der Waals surface area (Å²) in [6, 6.07) is 10.1. The molecule has 1 unspecified atom stereocenters. The Hall–Kier alpha value is -2.27. The minimum Gasteiger partial charge on any atom is -0.374 e. The third-order valence-corrected chi connectivity index (χ3v) is 3.26. The zero-order valence-electron chi connectivity index (χ0n) is 13.0. The Balaban J connectivity index is 1.65. The van der Waals surface area contributed by atoms with Crippen molar-refractivity contribution in [3.05, 3.63) is 59.7 Å². The smallest absolute Gasteiger partial charge is 0.271 e. The molecular weight excluding hydrogens is 278 g/mol. The summed E-state index contributed by atoms with van der Waals surface area (Å²) in [6.45, 7) is 5.00. The molecule has 1 atom stereocenters. The highest BCUT2D eigenvalue weighted by molar-refractivity contribution is 5.91. The van der Waals surface area contributed by atoms with Crippen LogP contribution in [0.3, 0.4) is 0 Å². The van der Waals surface area contributed by atoms with Crippen molar-refractivity contribution in [2.24, 2.45) is 0 Å². The van der Waals surface area contributed by atoms with E-state index in [-0.39, 0.29) is 12.0 Å². The van der Waals surface area contributed by atoms with Gasteiger partial charge in [-0.25, -0.2) is 4.98 Å². The number of hydrogen-bond donors (Lipinski definition) is 1. The highest BCUT2D eigenvalue weighted by Gasteiger charge is 2.07. The minimum atomic E-state index is -0.205. The highest BCUT2D eigenvalue weighted by Crippen LogP contribution is 2.15. The molecule has 2 aromatic rings. The first-order valence-electron chi connectivity index (χ1n) is 7.40. The lowest BCUT2D eigenvalue weighted by molar-refractivity contribution is 0.0634. The SMILES string of the molecule is Cc1cnc(C(=O)NCCCOC(C)c2ccccc2)cn1. The standard InChI is InChI=1S/C17H21N3O2/c1-13-11-20-16(12-19-13)17(21)18-9-6-10-22-14(2)15-7-4-3-5-8-15/h3-5,7-8,11-12,14H,6,9-10H2,1-2H3,(H,18,21). The van der Waals surface area contributed by atoms with Gasteiger partial charge in [0.25, 0.3) is 5.91 Å². The first kappa shape index (κ1) is 16.1. The van der Waals surface area contributed by atoms with Crippen LogP contribution in [0.4, 0.5) is 0 Å². The minimum absolute atomic E-state index is 0.0554. The monoisotopic (exact) mass is 299 g/mol. The number of aryl methyl sites for hydroxylation is 1. The third kappa shape index (κ3) is 4.93. The molecule has 1 aromatic carbocycles. The fourth-order valence-corrected chi connectivity index (χ4v) is 1.95. The summed E-state index contributed by atoms with van der Waals surface area (Å²) < 4.78 is 5.75. The number of nitrogens with zero attached hydrogens (tertiary/aromatic N) is 2. The zero-order valence-corrected chi connectivity index (χ0v) is 13.0. The van der Waals surface area contributed by atoms with E-state index in [1.807, 2.05) is 44.2 Å². The maximum Gasteiger partial charge on any atom is 0.271 e. The van der Waals surface area contributed by atoms with Crippen LogP contribution in [0.2, 0.25) is 0 Å². The maximum atomic E-state index is 11.8. The molecule has 1 heterocycles. The van der Waals surface area contributed by atoms with Crippen molar-refractivity contribution in [3.63, 3.8) is 0 Å². The normalized spacial score (nSPS) is 11.9. The number of carbonyl (C=O) groups excluding carboxylic acids is 1. The average Bonchev–Trinajstić information content (AvgIpc) is 2.55. The second kappa shape index (κ2) is 8.24. The number of carbonyl (C=O) groups is 1. The Morgan fingerprint density at radius 1 is 1.23 bits per heavy atom. The summed E-state index contributed by atoms with van der Waals surface area (Å²) in [5.41, 5.74) is 2.28. The number of benzene rings is 1. The molecule has 0 saturated heterocycles. The number of ether oxygens (including phenoxy) is 1. The Morgan fingerprint density at radius 2 is 2.00 bits per heavy atom. The van der Waals surface area contributed by atoms with E-state index in [9.17, 15) is 4.79 Å². The molecule has 22 heavy (non-hydrogen) atoms. The first-order valence-corrected chi connectivity index (χ1v) is 7.40. The fraction of sp³-hybridized carbons (Fsp3) is 0.353. The van der Waals surface area contributed by atoms with Crippen LogP contribution in [0.25, 0.3) is 0 Å². The molecule has 5 heteroatoms. The van der Waals surface area contributed by atoms with Crippen LogP contribution in [0.15, 0.2) is 42.7 Å². The number of hydrogen-bond acceptors (Lipinski definition) is 4. The van der Waals surface area contributed by atoms with E-state index in [4.69, 9.17) is 4.74 Å². The summed E-state index contributed by atoms with van der Waals surface area (Å²) in [6.07, 6.45) is 3.88. The van der Waals surface area contributed by atoms with Gasteiger partial charge in [-0.3, -0.25) is 9.78 Å². The fourth-order valence-electron chi connectivity index (χ4n) is 1.95. The van der Waals surface area contributed by atoms with Crippen molar-refractivity contribution >= 4 is 5.91 Å². The quantitative estimate of drug-likeness (QED) is 0.798. The van der Waals surface area contributed by atoms with Crippen molar-refractivity contribution in [2.75, 3.05) is 13.2 Å². The van der Waals surface area contributed by atoms with Gasteiger partial charge in [0.15, 0.2) is 0 Å². The largest absolute Gasteiger partial charge is 0.374 e. The van der Waals surface area contributed by atoms with Crippen LogP contribution in [-0.2, 0) is 4.74 Å². The van der Waals surface area contributed by atoms with Gasteiger partial charge in [-0.05, 0) is 25.8 Å². The zero-order chi connectivity index (χ0) is 15.8. The third-order valence-electron chi connectivity index (χ3n) is 3.26. The van der Waals surface area contributed by atoms with Crippen molar-refractivity contribution in [2.45, 2.75) is 26.4 Å². The molecule has 1 amide bonds. The predicted octanol–water partition coefficient (Wildman–Crippen LogP) is 2.68. The number of aromatic nitrogens is 2. The Morgan fingerprint density at radius 3 is 2.68 bits per heavy atom. The predicted molar refractivity (Wildman–Crippen MR) is 84.5 cm³/mol. The summed E-state index contributed by atoms with van der Waals surface area (Å²) in [7, 11) is 0. The second-order valence-corrected chi connectivity index (χ2v) is 5.08. The Bertz CT molecular complexity index is 585. The lowest BCUT2D eigenvalue weighted by Gasteiger charge is -2.13. The highest BCUT2D eigenvalue weighted by atomic mass is 16.5. The number of nitrogens with one attached hydrogen (secondary N) is 1. The van der Waals surface area contributed by atoms with Gasteiger partial charge >= 0.3 is 0 Å². The van der Waals surface area contributed by atoms with Gasteiger partial charge in [0.2, 0.25) is 0 Å². The molecule has 0 saturated carbocycles. The van der Waals surface area contributed by atoms with Crippen molar-refractivity contribution in [1.82, 2.24) is 15.3 Å². The molecule has 1 N–H and O–H groups in total. The topological polar surface area (TPSA) is 64.1 Å². The van der Waals surface area contributed by atoms with Crippen LogP contribution in [0.1, 0.15) is 41.2 Å². The van der Waals surface area contributed by atoms with Crippen molar-refractivity contribution in [3.8, 4) is 0 Å².